The molecule has 0 unspecified atom stereocenters. The monoisotopic (exact) mass is 276 g/mol. The standard InChI is InChI=1S/C11H24N4O2S/c1-2-9-3-5-10(6-4-9)15-18(16,17)8-7-14-11(12)13/h9-10,15H,2-8H2,1H3,(H4,12,13,14). The van der Waals surface area contributed by atoms with E-state index in [4.69, 9.17) is 11.1 Å². The third-order valence-electron chi connectivity index (χ3n) is 3.46. The van der Waals surface area contributed by atoms with Crippen molar-refractivity contribution in [2.24, 2.45) is 11.7 Å². The van der Waals surface area contributed by atoms with Gasteiger partial charge in [-0.25, -0.2) is 13.1 Å². The quantitative estimate of drug-likeness (QED) is 0.415. The van der Waals surface area contributed by atoms with Crippen LogP contribution in [-0.4, -0.2) is 32.7 Å². The molecule has 106 valence electrons. The second-order valence-corrected chi connectivity index (χ2v) is 6.78. The Morgan fingerprint density at radius 3 is 2.44 bits per heavy atom. The van der Waals surface area contributed by atoms with Crippen LogP contribution in [-0.2, 0) is 10.0 Å². The van der Waals surface area contributed by atoms with Crippen molar-refractivity contribution in [3.05, 3.63) is 0 Å². The molecule has 0 saturated heterocycles. The first-order valence-electron chi connectivity index (χ1n) is 6.51. The smallest absolute Gasteiger partial charge is 0.213 e. The van der Waals surface area contributed by atoms with Gasteiger partial charge in [0, 0.05) is 12.6 Å². The molecule has 0 atom stereocenters. The molecule has 0 amide bonds. The van der Waals surface area contributed by atoms with Crippen LogP contribution in [0.5, 0.6) is 0 Å². The topological polar surface area (TPSA) is 108 Å². The first kappa shape index (κ1) is 15.2. The van der Waals surface area contributed by atoms with Gasteiger partial charge in [0.15, 0.2) is 5.96 Å². The van der Waals surface area contributed by atoms with Crippen molar-refractivity contribution >= 4 is 16.0 Å². The van der Waals surface area contributed by atoms with Gasteiger partial charge in [0.25, 0.3) is 0 Å². The normalized spacial score (nSPS) is 24.7. The maximum Gasteiger partial charge on any atom is 0.213 e. The highest BCUT2D eigenvalue weighted by Gasteiger charge is 2.23. The number of nitrogens with two attached hydrogens (primary N) is 1. The van der Waals surface area contributed by atoms with E-state index >= 15 is 0 Å². The fraction of sp³-hybridized carbons (Fsp3) is 0.909. The zero-order valence-corrected chi connectivity index (χ0v) is 11.7. The van der Waals surface area contributed by atoms with E-state index < -0.39 is 10.0 Å². The van der Waals surface area contributed by atoms with Crippen molar-refractivity contribution < 1.29 is 8.42 Å². The third-order valence-corrected chi connectivity index (χ3v) is 4.89. The molecule has 0 heterocycles. The molecular weight excluding hydrogens is 252 g/mol. The summed E-state index contributed by atoms with van der Waals surface area (Å²) in [5.41, 5.74) is 5.09. The lowest BCUT2D eigenvalue weighted by molar-refractivity contribution is 0.306. The molecule has 5 N–H and O–H groups in total. The average Bonchev–Trinajstić information content (AvgIpc) is 2.28. The fourth-order valence-electron chi connectivity index (χ4n) is 2.32. The van der Waals surface area contributed by atoms with Crippen LogP contribution in [0.4, 0.5) is 0 Å². The van der Waals surface area contributed by atoms with Gasteiger partial charge in [-0.15, -0.1) is 0 Å². The predicted octanol–water partition coefficient (Wildman–Crippen LogP) is 0.358. The lowest BCUT2D eigenvalue weighted by atomic mass is 9.85. The van der Waals surface area contributed by atoms with Crippen molar-refractivity contribution in [2.75, 3.05) is 12.3 Å². The van der Waals surface area contributed by atoms with Crippen LogP contribution in [0.2, 0.25) is 0 Å². The molecule has 1 fully saturated rings. The molecule has 0 bridgehead atoms. The second-order valence-electron chi connectivity index (χ2n) is 4.90. The summed E-state index contributed by atoms with van der Waals surface area (Å²) in [5, 5.41) is 9.45. The van der Waals surface area contributed by atoms with E-state index in [2.05, 4.69) is 17.0 Å². The highest BCUT2D eigenvalue weighted by molar-refractivity contribution is 7.89. The van der Waals surface area contributed by atoms with Crippen LogP contribution in [0.15, 0.2) is 0 Å². The fourth-order valence-corrected chi connectivity index (χ4v) is 3.55. The van der Waals surface area contributed by atoms with Crippen molar-refractivity contribution in [1.29, 1.82) is 5.41 Å². The zero-order valence-electron chi connectivity index (χ0n) is 10.9. The molecule has 1 aliphatic rings. The molecule has 1 rings (SSSR count). The molecule has 0 aromatic carbocycles. The van der Waals surface area contributed by atoms with Gasteiger partial charge in [0.05, 0.1) is 5.75 Å². The summed E-state index contributed by atoms with van der Waals surface area (Å²) in [6.07, 6.45) is 5.25. The molecule has 7 heteroatoms. The lowest BCUT2D eigenvalue weighted by Crippen LogP contribution is -2.42. The summed E-state index contributed by atoms with van der Waals surface area (Å²) >= 11 is 0. The van der Waals surface area contributed by atoms with Gasteiger partial charge in [-0.05, 0) is 31.6 Å². The Morgan fingerprint density at radius 1 is 1.33 bits per heavy atom. The van der Waals surface area contributed by atoms with E-state index in [0.717, 1.165) is 31.6 Å². The van der Waals surface area contributed by atoms with E-state index in [0.29, 0.717) is 0 Å². The Morgan fingerprint density at radius 2 is 1.94 bits per heavy atom. The first-order valence-corrected chi connectivity index (χ1v) is 8.16. The molecule has 0 aromatic heterocycles. The van der Waals surface area contributed by atoms with Crippen LogP contribution < -0.4 is 15.8 Å². The highest BCUT2D eigenvalue weighted by Crippen LogP contribution is 2.26. The number of hydrogen-bond donors (Lipinski definition) is 4. The number of guanidine groups is 1. The largest absolute Gasteiger partial charge is 0.370 e. The second kappa shape index (κ2) is 6.94. The summed E-state index contributed by atoms with van der Waals surface area (Å²) in [7, 11) is -3.27. The zero-order chi connectivity index (χ0) is 13.6. The maximum absolute atomic E-state index is 11.8. The highest BCUT2D eigenvalue weighted by atomic mass is 32.2. The van der Waals surface area contributed by atoms with Crippen LogP contribution >= 0.6 is 0 Å². The molecule has 0 aromatic rings. The number of nitrogens with one attached hydrogen (secondary N) is 3. The summed E-state index contributed by atoms with van der Waals surface area (Å²) in [6.45, 7) is 2.36. The first-order chi connectivity index (χ1) is 8.43. The van der Waals surface area contributed by atoms with E-state index in [1.54, 1.807) is 0 Å². The minimum absolute atomic E-state index is 0.0414. The summed E-state index contributed by atoms with van der Waals surface area (Å²) in [5.74, 6) is 0.513. The van der Waals surface area contributed by atoms with E-state index in [1.165, 1.54) is 6.42 Å². The minimum atomic E-state index is -3.27. The van der Waals surface area contributed by atoms with Crippen LogP contribution in [0.1, 0.15) is 39.0 Å². The van der Waals surface area contributed by atoms with Gasteiger partial charge in [-0.1, -0.05) is 13.3 Å². The Labute approximate surface area is 109 Å². The Kier molecular flexibility index (Phi) is 5.87. The van der Waals surface area contributed by atoms with Crippen LogP contribution in [0.3, 0.4) is 0 Å². The van der Waals surface area contributed by atoms with Crippen LogP contribution in [0, 0.1) is 11.3 Å². The van der Waals surface area contributed by atoms with Gasteiger partial charge in [0.2, 0.25) is 10.0 Å². The van der Waals surface area contributed by atoms with Gasteiger partial charge in [-0.3, -0.25) is 5.41 Å². The molecule has 18 heavy (non-hydrogen) atoms. The molecule has 0 radical (unpaired) electrons. The van der Waals surface area contributed by atoms with Crippen molar-refractivity contribution in [3.63, 3.8) is 0 Å². The Bertz CT molecular complexity index is 361. The molecule has 1 saturated carbocycles. The van der Waals surface area contributed by atoms with Gasteiger partial charge < -0.3 is 11.1 Å². The number of rotatable bonds is 6. The number of hydrogen-bond acceptors (Lipinski definition) is 3. The summed E-state index contributed by atoms with van der Waals surface area (Å²) in [6, 6.07) is 0.0788. The predicted molar refractivity (Wildman–Crippen MR) is 72.9 cm³/mol. The molecule has 0 aliphatic heterocycles. The maximum atomic E-state index is 11.8. The minimum Gasteiger partial charge on any atom is -0.370 e. The van der Waals surface area contributed by atoms with Gasteiger partial charge in [-0.2, -0.15) is 0 Å². The Balaban J connectivity index is 2.30. The van der Waals surface area contributed by atoms with Gasteiger partial charge >= 0.3 is 0 Å². The summed E-state index contributed by atoms with van der Waals surface area (Å²) < 4.78 is 26.3. The molecular formula is C11H24N4O2S. The van der Waals surface area contributed by atoms with Crippen molar-refractivity contribution in [1.82, 2.24) is 10.0 Å². The average molecular weight is 276 g/mol. The molecule has 0 spiro atoms. The SMILES string of the molecule is CCC1CCC(NS(=O)(=O)CCNC(=N)N)CC1. The van der Waals surface area contributed by atoms with Gasteiger partial charge in [0.1, 0.15) is 0 Å². The number of sulfonamides is 1. The van der Waals surface area contributed by atoms with E-state index in [9.17, 15) is 8.42 Å². The van der Waals surface area contributed by atoms with Crippen molar-refractivity contribution in [2.45, 2.75) is 45.1 Å². The van der Waals surface area contributed by atoms with Crippen molar-refractivity contribution in [3.8, 4) is 0 Å². The Hall–Kier alpha value is -0.820. The molecule has 6 nitrogen and oxygen atoms in total. The summed E-state index contributed by atoms with van der Waals surface area (Å²) in [4.78, 5) is 0. The van der Waals surface area contributed by atoms with E-state index in [1.807, 2.05) is 0 Å². The van der Waals surface area contributed by atoms with E-state index in [-0.39, 0.29) is 24.3 Å². The third kappa shape index (κ3) is 5.68. The lowest BCUT2D eigenvalue weighted by Gasteiger charge is -2.28. The molecule has 1 aliphatic carbocycles. The van der Waals surface area contributed by atoms with Crippen LogP contribution in [0.25, 0.3) is 0 Å².